The van der Waals surface area contributed by atoms with Crippen LogP contribution in [0.15, 0.2) is 41.8 Å². The van der Waals surface area contributed by atoms with E-state index >= 15 is 0 Å². The smallest absolute Gasteiger partial charge is 0.408 e. The second-order valence-corrected chi connectivity index (χ2v) is 15.6. The van der Waals surface area contributed by atoms with Gasteiger partial charge in [-0.15, -0.1) is 11.3 Å². The minimum atomic E-state index is -1.47. The molecule has 4 N–H and O–H groups in total. The number of carbonyl (C=O) groups is 5. The largest absolute Gasteiger partial charge is 0.497 e. The van der Waals surface area contributed by atoms with Crippen LogP contribution in [0.2, 0.25) is 0 Å². The number of aromatic nitrogens is 2. The summed E-state index contributed by atoms with van der Waals surface area (Å²) < 4.78 is 17.8. The Hall–Kier alpha value is -5.25. The number of nitrogens with zero attached hydrogens (tertiary/aromatic N) is 3. The molecule has 0 radical (unpaired) electrons. The Balaban J connectivity index is 1.20. The average Bonchev–Trinajstić information content (AvgIpc) is 3.58. The fourth-order valence-corrected chi connectivity index (χ4v) is 8.54. The number of amides is 4. The molecule has 4 heterocycles. The Kier molecular flexibility index (Phi) is 11.2. The number of carboxylic acids is 1. The van der Waals surface area contributed by atoms with E-state index in [1.54, 1.807) is 30.7 Å². The van der Waals surface area contributed by atoms with Crippen molar-refractivity contribution in [1.29, 1.82) is 0 Å². The quantitative estimate of drug-likeness (QED) is 0.220. The second kappa shape index (κ2) is 16.2. The number of rotatable bonds is 8. The first-order chi connectivity index (χ1) is 26.5. The topological polar surface area (TPSA) is 198 Å². The van der Waals surface area contributed by atoms with Crippen molar-refractivity contribution >= 4 is 57.2 Å². The molecule has 2 saturated carbocycles. The fraction of sp³-hybridized carbons (Fsp3) is 0.513. The van der Waals surface area contributed by atoms with Crippen LogP contribution < -0.4 is 25.4 Å². The maximum atomic E-state index is 14.5. The van der Waals surface area contributed by atoms with Crippen molar-refractivity contribution < 1.29 is 43.3 Å². The molecule has 3 aromatic rings. The Morgan fingerprint density at radius 1 is 1.02 bits per heavy atom. The molecule has 1 saturated heterocycles. The van der Waals surface area contributed by atoms with Gasteiger partial charge in [0, 0.05) is 42.2 Å². The van der Waals surface area contributed by atoms with Gasteiger partial charge in [-0.05, 0) is 63.5 Å². The number of allylic oxidation sites excluding steroid dienone is 1. The fourth-order valence-electron chi connectivity index (χ4n) is 7.79. The van der Waals surface area contributed by atoms with Crippen LogP contribution in [0.1, 0.15) is 77.6 Å². The summed E-state index contributed by atoms with van der Waals surface area (Å²) in [5.41, 5.74) is 0.0426. The lowest BCUT2D eigenvalue weighted by molar-refractivity contribution is -0.145. The first kappa shape index (κ1) is 38.0. The minimum Gasteiger partial charge on any atom is -0.497 e. The molecule has 55 heavy (non-hydrogen) atoms. The normalized spacial score (nSPS) is 26.5. The maximum Gasteiger partial charge on any atom is 0.408 e. The average molecular weight is 775 g/mol. The van der Waals surface area contributed by atoms with Gasteiger partial charge < -0.3 is 40.2 Å². The number of ether oxygens (including phenoxy) is 3. The Labute approximate surface area is 322 Å². The van der Waals surface area contributed by atoms with E-state index in [9.17, 15) is 29.1 Å². The summed E-state index contributed by atoms with van der Waals surface area (Å²) in [6, 6.07) is 5.03. The summed E-state index contributed by atoms with van der Waals surface area (Å²) in [6.07, 6.45) is 9.41. The first-order valence-electron chi connectivity index (χ1n) is 18.9. The molecule has 0 spiro atoms. The summed E-state index contributed by atoms with van der Waals surface area (Å²) in [4.78, 5) is 76.8. The number of fused-ring (bicyclic) bond motifs is 3. The molecule has 1 aromatic carbocycles. The summed E-state index contributed by atoms with van der Waals surface area (Å²) >= 11 is 1.25. The molecule has 16 heteroatoms. The highest BCUT2D eigenvalue weighted by Gasteiger charge is 2.61. The van der Waals surface area contributed by atoms with Crippen LogP contribution >= 0.6 is 11.3 Å². The van der Waals surface area contributed by atoms with Crippen molar-refractivity contribution in [3.63, 3.8) is 0 Å². The number of hydrogen-bond acceptors (Lipinski definition) is 11. The molecular formula is C39H46N6O9S. The molecule has 3 fully saturated rings. The van der Waals surface area contributed by atoms with Gasteiger partial charge in [0.2, 0.25) is 17.7 Å². The number of nitrogens with one attached hydrogen (secondary N) is 3. The van der Waals surface area contributed by atoms with Crippen molar-refractivity contribution in [3.8, 4) is 22.9 Å². The van der Waals surface area contributed by atoms with Crippen LogP contribution in [0.4, 0.5) is 9.93 Å². The highest BCUT2D eigenvalue weighted by molar-refractivity contribution is 7.14. The van der Waals surface area contributed by atoms with Crippen LogP contribution in [-0.2, 0) is 23.9 Å². The van der Waals surface area contributed by atoms with Crippen LogP contribution in [0.3, 0.4) is 0 Å². The van der Waals surface area contributed by atoms with Gasteiger partial charge in [0.05, 0.1) is 24.9 Å². The van der Waals surface area contributed by atoms with E-state index in [2.05, 4.69) is 20.9 Å². The van der Waals surface area contributed by atoms with Gasteiger partial charge >= 0.3 is 12.1 Å². The Morgan fingerprint density at radius 2 is 1.82 bits per heavy atom. The number of aliphatic carboxylic acids is 1. The van der Waals surface area contributed by atoms with Crippen molar-refractivity contribution in [1.82, 2.24) is 25.5 Å². The monoisotopic (exact) mass is 774 g/mol. The molecule has 2 aromatic heterocycles. The number of thiazole rings is 1. The van der Waals surface area contributed by atoms with Gasteiger partial charge in [0.1, 0.15) is 47.0 Å². The maximum absolute atomic E-state index is 14.5. The number of alkyl carbamates (subject to hydrolysis) is 1. The third-order valence-corrected chi connectivity index (χ3v) is 11.6. The van der Waals surface area contributed by atoms with Crippen molar-refractivity contribution in [3.05, 3.63) is 41.8 Å². The van der Waals surface area contributed by atoms with Crippen LogP contribution in [-0.4, -0.2) is 93.2 Å². The lowest BCUT2D eigenvalue weighted by Crippen LogP contribution is -2.56. The molecular weight excluding hydrogens is 729 g/mol. The van der Waals surface area contributed by atoms with E-state index in [4.69, 9.17) is 19.2 Å². The standard InChI is InChI=1S/C39H46N6O9S/c1-22(46)40-37-42-31(21-55-37)30-18-33(27-15-14-25(52-2)16-29(27)41-30)53-26-17-32-34(47)44-39(36(49)50)19-23(39)10-6-4-3-5-7-13-28(35(48)45(32)20-26)43-38(51)54-24-11-8-9-12-24/h6,10,14-16,18,21,23-24,26,28,32H,3-5,7-9,11-13,17,19-20H2,1-2H3,(H,43,51)(H,44,47)(H,49,50)(H,40,42,46)/b10-6-/t23-,26+,28-,32-,39+/m0/s1. The molecule has 4 amide bonds. The van der Waals surface area contributed by atoms with E-state index in [1.807, 2.05) is 18.2 Å². The van der Waals surface area contributed by atoms with Crippen LogP contribution in [0.25, 0.3) is 22.3 Å². The van der Waals surface area contributed by atoms with Gasteiger partial charge in [-0.2, -0.15) is 0 Å². The zero-order valence-electron chi connectivity index (χ0n) is 30.9. The van der Waals surface area contributed by atoms with E-state index < -0.39 is 47.6 Å². The number of benzene rings is 1. The number of anilines is 1. The first-order valence-corrected chi connectivity index (χ1v) is 19.8. The molecule has 0 bridgehead atoms. The van der Waals surface area contributed by atoms with E-state index in [0.717, 1.165) is 44.9 Å². The number of carboxylic acid groups (broad SMARTS) is 1. The van der Waals surface area contributed by atoms with Crippen molar-refractivity contribution in [2.24, 2.45) is 5.92 Å². The van der Waals surface area contributed by atoms with Gasteiger partial charge in [-0.25, -0.2) is 19.6 Å². The van der Waals surface area contributed by atoms with E-state index in [0.29, 0.717) is 51.8 Å². The van der Waals surface area contributed by atoms with Crippen LogP contribution in [0.5, 0.6) is 11.5 Å². The number of hydrogen-bond donors (Lipinski definition) is 4. The molecule has 7 rings (SSSR count). The third-order valence-electron chi connectivity index (χ3n) is 10.8. The van der Waals surface area contributed by atoms with E-state index in [1.165, 1.54) is 23.2 Å². The number of methoxy groups -OCH3 is 1. The second-order valence-electron chi connectivity index (χ2n) is 14.7. The number of carbonyl (C=O) groups excluding carboxylic acids is 4. The molecule has 2 aliphatic heterocycles. The van der Waals surface area contributed by atoms with Gasteiger partial charge in [-0.1, -0.05) is 25.0 Å². The van der Waals surface area contributed by atoms with Gasteiger partial charge in [-0.3, -0.25) is 14.4 Å². The molecule has 2 aliphatic carbocycles. The minimum absolute atomic E-state index is 0.00510. The molecule has 292 valence electrons. The lowest BCUT2D eigenvalue weighted by atomic mass is 10.0. The van der Waals surface area contributed by atoms with Crippen molar-refractivity contribution in [2.75, 3.05) is 19.0 Å². The van der Waals surface area contributed by atoms with Gasteiger partial charge in [0.25, 0.3) is 0 Å². The molecule has 0 unspecified atom stereocenters. The highest BCUT2D eigenvalue weighted by Crippen LogP contribution is 2.45. The van der Waals surface area contributed by atoms with E-state index in [-0.39, 0.29) is 37.3 Å². The molecule has 4 aliphatic rings. The number of pyridine rings is 1. The summed E-state index contributed by atoms with van der Waals surface area (Å²) in [6.45, 7) is 1.39. The lowest BCUT2D eigenvalue weighted by Gasteiger charge is -2.29. The zero-order valence-corrected chi connectivity index (χ0v) is 31.7. The predicted molar refractivity (Wildman–Crippen MR) is 203 cm³/mol. The highest BCUT2D eigenvalue weighted by atomic mass is 32.1. The van der Waals surface area contributed by atoms with Gasteiger partial charge in [0.15, 0.2) is 5.13 Å². The van der Waals surface area contributed by atoms with Crippen LogP contribution in [0, 0.1) is 5.92 Å². The Bertz CT molecular complexity index is 2000. The SMILES string of the molecule is COc1ccc2c(O[C@@H]3C[C@H]4C(=O)N[C@]5(C(=O)O)C[C@@H]5/C=C\CCCCC[C@H](NC(=O)OC5CCCC5)C(=O)N4C3)cc(-c3csc(NC(C)=O)n3)nc2c1. The zero-order chi connectivity index (χ0) is 38.7. The predicted octanol–water partition coefficient (Wildman–Crippen LogP) is 5.19. The summed E-state index contributed by atoms with van der Waals surface area (Å²) in [5, 5.41) is 21.4. The molecule has 15 nitrogen and oxygen atoms in total. The molecule has 5 atom stereocenters. The summed E-state index contributed by atoms with van der Waals surface area (Å²) in [7, 11) is 1.55. The third kappa shape index (κ3) is 8.53. The summed E-state index contributed by atoms with van der Waals surface area (Å²) in [5.74, 6) is -1.83. The van der Waals surface area contributed by atoms with Crippen molar-refractivity contribution in [2.45, 2.75) is 107 Å². The Morgan fingerprint density at radius 3 is 2.58 bits per heavy atom.